The minimum atomic E-state index is -0.428. The van der Waals surface area contributed by atoms with Crippen molar-refractivity contribution in [2.75, 3.05) is 6.61 Å². The maximum Gasteiger partial charge on any atom is 0.137 e. The number of hydrogen-bond donors (Lipinski definition) is 0. The summed E-state index contributed by atoms with van der Waals surface area (Å²) < 4.78 is 20.3. The average Bonchev–Trinajstić information content (AvgIpc) is 2.42. The van der Waals surface area contributed by atoms with Crippen LogP contribution in [0, 0.1) is 5.82 Å². The Balaban J connectivity index is 2.32. The number of halogens is 4. The van der Waals surface area contributed by atoms with E-state index >= 15 is 0 Å². The lowest BCUT2D eigenvalue weighted by Gasteiger charge is -2.14. The SMILES string of the molecule is CCOc1ccc(C(Cl)c2ccc(Br)c(F)c2)c(Br)c1. The van der Waals surface area contributed by atoms with Gasteiger partial charge >= 0.3 is 0 Å². The molecule has 0 aromatic heterocycles. The van der Waals surface area contributed by atoms with Gasteiger partial charge in [0.15, 0.2) is 0 Å². The summed E-state index contributed by atoms with van der Waals surface area (Å²) in [5.41, 5.74) is 1.58. The predicted octanol–water partition coefficient (Wildman–Crippen LogP) is 6.08. The number of rotatable bonds is 4. The van der Waals surface area contributed by atoms with Crippen LogP contribution < -0.4 is 4.74 Å². The lowest BCUT2D eigenvalue weighted by molar-refractivity contribution is 0.340. The lowest BCUT2D eigenvalue weighted by atomic mass is 10.0. The summed E-state index contributed by atoms with van der Waals surface area (Å²) in [6, 6.07) is 10.5. The van der Waals surface area contributed by atoms with E-state index in [2.05, 4.69) is 31.9 Å². The Morgan fingerprint density at radius 2 is 1.90 bits per heavy atom. The first-order chi connectivity index (χ1) is 9.52. The zero-order valence-corrected chi connectivity index (χ0v) is 14.6. The van der Waals surface area contributed by atoms with Crippen molar-refractivity contribution in [3.05, 3.63) is 62.3 Å². The first-order valence-corrected chi connectivity index (χ1v) is 8.06. The third-order valence-electron chi connectivity index (χ3n) is 2.79. The molecule has 0 aliphatic rings. The normalized spacial score (nSPS) is 12.2. The van der Waals surface area contributed by atoms with Crippen LogP contribution >= 0.6 is 43.5 Å². The van der Waals surface area contributed by atoms with Crippen molar-refractivity contribution in [2.24, 2.45) is 0 Å². The fourth-order valence-corrected chi connectivity index (χ4v) is 3.11. The molecule has 0 spiro atoms. The molecule has 0 bridgehead atoms. The van der Waals surface area contributed by atoms with E-state index in [1.54, 1.807) is 12.1 Å². The smallest absolute Gasteiger partial charge is 0.137 e. The minimum Gasteiger partial charge on any atom is -0.494 e. The van der Waals surface area contributed by atoms with Gasteiger partial charge in [0.2, 0.25) is 0 Å². The standard InChI is InChI=1S/C15H12Br2ClFO/c1-2-20-10-4-5-11(13(17)8-10)15(18)9-3-6-12(16)14(19)7-9/h3-8,15H,2H2,1H3. The topological polar surface area (TPSA) is 9.23 Å². The summed E-state index contributed by atoms with van der Waals surface area (Å²) in [6.45, 7) is 2.53. The molecule has 5 heteroatoms. The molecule has 1 unspecified atom stereocenters. The van der Waals surface area contributed by atoms with E-state index in [9.17, 15) is 4.39 Å². The van der Waals surface area contributed by atoms with Gasteiger partial charge in [-0.25, -0.2) is 4.39 Å². The molecule has 0 heterocycles. The molecule has 0 saturated carbocycles. The third kappa shape index (κ3) is 3.54. The number of ether oxygens (including phenoxy) is 1. The molecule has 106 valence electrons. The van der Waals surface area contributed by atoms with Gasteiger partial charge in [-0.2, -0.15) is 0 Å². The minimum absolute atomic E-state index is 0.324. The zero-order valence-electron chi connectivity index (χ0n) is 10.7. The van der Waals surface area contributed by atoms with Crippen LogP contribution in [0.25, 0.3) is 0 Å². The van der Waals surface area contributed by atoms with E-state index < -0.39 is 5.38 Å². The Bertz CT molecular complexity index is 619. The van der Waals surface area contributed by atoms with Crippen molar-refractivity contribution in [3.63, 3.8) is 0 Å². The van der Waals surface area contributed by atoms with Crippen molar-refractivity contribution in [1.29, 1.82) is 0 Å². The summed E-state index contributed by atoms with van der Waals surface area (Å²) in [5.74, 6) is 0.448. The summed E-state index contributed by atoms with van der Waals surface area (Å²) in [7, 11) is 0. The monoisotopic (exact) mass is 420 g/mol. The molecule has 2 aromatic carbocycles. The highest BCUT2D eigenvalue weighted by molar-refractivity contribution is 9.10. The molecule has 0 radical (unpaired) electrons. The number of benzene rings is 2. The molecule has 0 amide bonds. The predicted molar refractivity (Wildman–Crippen MR) is 87.1 cm³/mol. The van der Waals surface area contributed by atoms with Gasteiger partial charge in [0, 0.05) is 4.47 Å². The van der Waals surface area contributed by atoms with E-state index in [1.807, 2.05) is 25.1 Å². The van der Waals surface area contributed by atoms with Crippen LogP contribution in [0.1, 0.15) is 23.4 Å². The molecule has 20 heavy (non-hydrogen) atoms. The Kier molecular flexibility index (Phi) is 5.47. The van der Waals surface area contributed by atoms with Gasteiger partial charge in [-0.05, 0) is 58.2 Å². The Labute approximate surface area is 139 Å². The van der Waals surface area contributed by atoms with E-state index in [1.165, 1.54) is 6.07 Å². The molecular weight excluding hydrogens is 410 g/mol. The van der Waals surface area contributed by atoms with Crippen LogP contribution in [0.2, 0.25) is 0 Å². The van der Waals surface area contributed by atoms with Crippen LogP contribution in [-0.4, -0.2) is 6.61 Å². The molecule has 0 saturated heterocycles. The highest BCUT2D eigenvalue weighted by Crippen LogP contribution is 2.36. The second-order valence-electron chi connectivity index (χ2n) is 4.15. The maximum absolute atomic E-state index is 13.6. The molecule has 0 aliphatic carbocycles. The Morgan fingerprint density at radius 3 is 2.50 bits per heavy atom. The third-order valence-corrected chi connectivity index (χ3v) is 4.61. The zero-order chi connectivity index (χ0) is 14.7. The largest absolute Gasteiger partial charge is 0.494 e. The highest BCUT2D eigenvalue weighted by atomic mass is 79.9. The second-order valence-corrected chi connectivity index (χ2v) is 6.30. The van der Waals surface area contributed by atoms with Crippen molar-refractivity contribution in [2.45, 2.75) is 12.3 Å². The van der Waals surface area contributed by atoms with Gasteiger partial charge in [-0.15, -0.1) is 11.6 Å². The van der Waals surface area contributed by atoms with Gasteiger partial charge in [-0.3, -0.25) is 0 Å². The van der Waals surface area contributed by atoms with Crippen molar-refractivity contribution >= 4 is 43.5 Å². The average molecular weight is 423 g/mol. The maximum atomic E-state index is 13.6. The molecular formula is C15H12Br2ClFO. The van der Waals surface area contributed by atoms with Crippen LogP contribution in [-0.2, 0) is 0 Å². The van der Waals surface area contributed by atoms with Crippen LogP contribution in [0.5, 0.6) is 5.75 Å². The summed E-state index contributed by atoms with van der Waals surface area (Å²) in [6.07, 6.45) is 0. The molecule has 2 aromatic rings. The van der Waals surface area contributed by atoms with Gasteiger partial charge < -0.3 is 4.74 Å². The van der Waals surface area contributed by atoms with Crippen LogP contribution in [0.3, 0.4) is 0 Å². The fourth-order valence-electron chi connectivity index (χ4n) is 1.82. The van der Waals surface area contributed by atoms with Crippen molar-refractivity contribution in [3.8, 4) is 5.75 Å². The van der Waals surface area contributed by atoms with Crippen LogP contribution in [0.4, 0.5) is 4.39 Å². The molecule has 0 N–H and O–H groups in total. The summed E-state index contributed by atoms with van der Waals surface area (Å²) in [4.78, 5) is 0. The lowest BCUT2D eigenvalue weighted by Crippen LogP contribution is -1.97. The van der Waals surface area contributed by atoms with E-state index in [0.717, 1.165) is 15.8 Å². The molecule has 1 atom stereocenters. The highest BCUT2D eigenvalue weighted by Gasteiger charge is 2.16. The number of alkyl halides is 1. The quantitative estimate of drug-likeness (QED) is 0.543. The Morgan fingerprint density at radius 1 is 1.15 bits per heavy atom. The van der Waals surface area contributed by atoms with Gasteiger partial charge in [-0.1, -0.05) is 28.1 Å². The number of hydrogen-bond acceptors (Lipinski definition) is 1. The van der Waals surface area contributed by atoms with Crippen molar-refractivity contribution in [1.82, 2.24) is 0 Å². The molecule has 0 aliphatic heterocycles. The van der Waals surface area contributed by atoms with E-state index in [0.29, 0.717) is 16.6 Å². The Hall–Kier alpha value is -0.580. The van der Waals surface area contributed by atoms with E-state index in [-0.39, 0.29) is 5.82 Å². The first-order valence-electron chi connectivity index (χ1n) is 6.04. The van der Waals surface area contributed by atoms with E-state index in [4.69, 9.17) is 16.3 Å². The second kappa shape index (κ2) is 6.92. The first kappa shape index (κ1) is 15.8. The van der Waals surface area contributed by atoms with Gasteiger partial charge in [0.25, 0.3) is 0 Å². The molecule has 2 rings (SSSR count). The fraction of sp³-hybridized carbons (Fsp3) is 0.200. The van der Waals surface area contributed by atoms with Gasteiger partial charge in [0.1, 0.15) is 11.6 Å². The van der Waals surface area contributed by atoms with Crippen LogP contribution in [0.15, 0.2) is 45.3 Å². The summed E-state index contributed by atoms with van der Waals surface area (Å²) >= 11 is 13.1. The van der Waals surface area contributed by atoms with Gasteiger partial charge in [0.05, 0.1) is 16.5 Å². The molecule has 1 nitrogen and oxygen atoms in total. The van der Waals surface area contributed by atoms with Crippen molar-refractivity contribution < 1.29 is 9.13 Å². The summed E-state index contributed by atoms with van der Waals surface area (Å²) in [5, 5.41) is -0.428. The molecule has 0 fully saturated rings.